The Kier molecular flexibility index (Phi) is 5.02. The zero-order chi connectivity index (χ0) is 14.8. The molecule has 5 heteroatoms. The molecule has 0 spiro atoms. The molecule has 1 aromatic carbocycles. The molecule has 0 saturated carbocycles. The highest BCUT2D eigenvalue weighted by Gasteiger charge is 2.35. The molecule has 2 aliphatic heterocycles. The summed E-state index contributed by atoms with van der Waals surface area (Å²) in [6.45, 7) is 1.96. The lowest BCUT2D eigenvalue weighted by molar-refractivity contribution is 0.0562. The molecule has 2 heterocycles. The second kappa shape index (κ2) is 6.80. The largest absolute Gasteiger partial charge is 0.334 e. The normalized spacial score (nSPS) is 26.1. The van der Waals surface area contributed by atoms with E-state index in [1.165, 1.54) is 19.3 Å². The molecule has 2 atom stereocenters. The highest BCUT2D eigenvalue weighted by molar-refractivity contribution is 9.11. The summed E-state index contributed by atoms with van der Waals surface area (Å²) in [4.78, 5) is 15.1. The van der Waals surface area contributed by atoms with E-state index in [0.717, 1.165) is 40.4 Å². The smallest absolute Gasteiger partial charge is 0.255 e. The number of amides is 1. The van der Waals surface area contributed by atoms with Crippen molar-refractivity contribution in [3.8, 4) is 0 Å². The van der Waals surface area contributed by atoms with Crippen molar-refractivity contribution in [2.24, 2.45) is 0 Å². The highest BCUT2D eigenvalue weighted by atomic mass is 79.9. The number of nitrogens with one attached hydrogen (secondary N) is 1. The van der Waals surface area contributed by atoms with Crippen molar-refractivity contribution < 1.29 is 4.79 Å². The summed E-state index contributed by atoms with van der Waals surface area (Å²) in [5.41, 5.74) is 0.759. The van der Waals surface area contributed by atoms with E-state index in [1.807, 2.05) is 18.2 Å². The Morgan fingerprint density at radius 3 is 2.81 bits per heavy atom. The Labute approximate surface area is 142 Å². The molecule has 114 valence electrons. The SMILES string of the molecule is O=C(c1cc(Br)ccc1Br)N1CCCCC1C1CCCN1. The van der Waals surface area contributed by atoms with Crippen molar-refractivity contribution in [1.82, 2.24) is 10.2 Å². The van der Waals surface area contributed by atoms with Crippen LogP contribution in [0.5, 0.6) is 0 Å². The number of carbonyl (C=O) groups is 1. The molecule has 0 bridgehead atoms. The topological polar surface area (TPSA) is 32.3 Å². The number of carbonyl (C=O) groups excluding carboxylic acids is 1. The van der Waals surface area contributed by atoms with Gasteiger partial charge in [0.25, 0.3) is 5.91 Å². The van der Waals surface area contributed by atoms with Gasteiger partial charge in [0.2, 0.25) is 0 Å². The number of hydrogen-bond acceptors (Lipinski definition) is 2. The molecule has 0 aromatic heterocycles. The van der Waals surface area contributed by atoms with Crippen molar-refractivity contribution in [2.75, 3.05) is 13.1 Å². The third-order valence-electron chi connectivity index (χ3n) is 4.53. The summed E-state index contributed by atoms with van der Waals surface area (Å²) < 4.78 is 1.82. The van der Waals surface area contributed by atoms with Gasteiger partial charge in [0.1, 0.15) is 0 Å². The minimum atomic E-state index is 0.154. The van der Waals surface area contributed by atoms with Crippen LogP contribution in [0.4, 0.5) is 0 Å². The molecule has 0 radical (unpaired) electrons. The van der Waals surface area contributed by atoms with E-state index in [4.69, 9.17) is 0 Å². The number of rotatable bonds is 2. The summed E-state index contributed by atoms with van der Waals surface area (Å²) in [5, 5.41) is 3.57. The first-order valence-electron chi connectivity index (χ1n) is 7.66. The maximum atomic E-state index is 13.0. The Balaban J connectivity index is 1.85. The first-order valence-corrected chi connectivity index (χ1v) is 9.25. The minimum absolute atomic E-state index is 0.154. The number of benzene rings is 1. The highest BCUT2D eigenvalue weighted by Crippen LogP contribution is 2.29. The van der Waals surface area contributed by atoms with Crippen LogP contribution in [0.15, 0.2) is 27.1 Å². The lowest BCUT2D eigenvalue weighted by atomic mass is 9.93. The number of nitrogens with zero attached hydrogens (tertiary/aromatic N) is 1. The molecular formula is C16H20Br2N2O. The molecule has 2 unspecified atom stereocenters. The van der Waals surface area contributed by atoms with Gasteiger partial charge < -0.3 is 10.2 Å². The Bertz CT molecular complexity index is 529. The molecule has 3 nitrogen and oxygen atoms in total. The summed E-state index contributed by atoms with van der Waals surface area (Å²) in [7, 11) is 0. The maximum Gasteiger partial charge on any atom is 0.255 e. The molecule has 1 amide bonds. The van der Waals surface area contributed by atoms with Gasteiger partial charge in [0, 0.05) is 27.6 Å². The molecule has 1 aromatic rings. The number of likely N-dealkylation sites (tertiary alicyclic amines) is 1. The lowest BCUT2D eigenvalue weighted by Gasteiger charge is -2.39. The zero-order valence-electron chi connectivity index (χ0n) is 11.9. The molecule has 0 aliphatic carbocycles. The third kappa shape index (κ3) is 3.35. The summed E-state index contributed by atoms with van der Waals surface area (Å²) in [5.74, 6) is 0.154. The van der Waals surface area contributed by atoms with Gasteiger partial charge in [-0.1, -0.05) is 15.9 Å². The molecule has 2 saturated heterocycles. The van der Waals surface area contributed by atoms with Gasteiger partial charge in [-0.25, -0.2) is 0 Å². The van der Waals surface area contributed by atoms with E-state index in [-0.39, 0.29) is 5.91 Å². The Morgan fingerprint density at radius 2 is 2.05 bits per heavy atom. The van der Waals surface area contributed by atoms with E-state index in [9.17, 15) is 4.79 Å². The van der Waals surface area contributed by atoms with Crippen LogP contribution >= 0.6 is 31.9 Å². The molecule has 2 aliphatic rings. The number of halogens is 2. The van der Waals surface area contributed by atoms with Crippen molar-refractivity contribution in [3.63, 3.8) is 0 Å². The van der Waals surface area contributed by atoms with Crippen LogP contribution < -0.4 is 5.32 Å². The summed E-state index contributed by atoms with van der Waals surface area (Å²) >= 11 is 6.98. The fourth-order valence-corrected chi connectivity index (χ4v) is 4.26. The van der Waals surface area contributed by atoms with Crippen LogP contribution in [-0.4, -0.2) is 36.0 Å². The zero-order valence-corrected chi connectivity index (χ0v) is 15.1. The molecule has 21 heavy (non-hydrogen) atoms. The van der Waals surface area contributed by atoms with Crippen molar-refractivity contribution in [1.29, 1.82) is 0 Å². The van der Waals surface area contributed by atoms with E-state index in [1.54, 1.807) is 0 Å². The summed E-state index contributed by atoms with van der Waals surface area (Å²) in [6, 6.07) is 6.62. The molecular weight excluding hydrogens is 396 g/mol. The van der Waals surface area contributed by atoms with Gasteiger partial charge >= 0.3 is 0 Å². The first-order chi connectivity index (χ1) is 10.2. The van der Waals surface area contributed by atoms with Crippen LogP contribution in [-0.2, 0) is 0 Å². The van der Waals surface area contributed by atoms with Gasteiger partial charge in [-0.3, -0.25) is 4.79 Å². The van der Waals surface area contributed by atoms with Crippen molar-refractivity contribution in [2.45, 2.75) is 44.2 Å². The quantitative estimate of drug-likeness (QED) is 0.792. The van der Waals surface area contributed by atoms with E-state index >= 15 is 0 Å². The monoisotopic (exact) mass is 414 g/mol. The van der Waals surface area contributed by atoms with Crippen LogP contribution in [0.1, 0.15) is 42.5 Å². The number of piperidine rings is 1. The van der Waals surface area contributed by atoms with E-state index in [2.05, 4.69) is 42.1 Å². The van der Waals surface area contributed by atoms with Crippen molar-refractivity contribution in [3.05, 3.63) is 32.7 Å². The molecule has 1 N–H and O–H groups in total. The second-order valence-corrected chi connectivity index (χ2v) is 7.66. The van der Waals surface area contributed by atoms with Crippen LogP contribution in [0.2, 0.25) is 0 Å². The molecule has 3 rings (SSSR count). The van der Waals surface area contributed by atoms with Crippen LogP contribution in [0, 0.1) is 0 Å². The lowest BCUT2D eigenvalue weighted by Crippen LogP contribution is -2.52. The van der Waals surface area contributed by atoms with Gasteiger partial charge in [-0.05, 0) is 72.8 Å². The van der Waals surface area contributed by atoms with Gasteiger partial charge in [-0.15, -0.1) is 0 Å². The fourth-order valence-electron chi connectivity index (χ4n) is 3.48. The predicted octanol–water partition coefficient (Wildman–Crippen LogP) is 3.96. The standard InChI is InChI=1S/C16H20Br2N2O/c17-11-6-7-13(18)12(10-11)16(21)20-9-2-1-5-15(20)14-4-3-8-19-14/h6-7,10,14-15,19H,1-5,8-9H2. The van der Waals surface area contributed by atoms with E-state index < -0.39 is 0 Å². The van der Waals surface area contributed by atoms with E-state index in [0.29, 0.717) is 12.1 Å². The predicted molar refractivity (Wildman–Crippen MR) is 91.5 cm³/mol. The average Bonchev–Trinajstić information content (AvgIpc) is 3.03. The van der Waals surface area contributed by atoms with Gasteiger partial charge in [-0.2, -0.15) is 0 Å². The van der Waals surface area contributed by atoms with Crippen molar-refractivity contribution >= 4 is 37.8 Å². The number of hydrogen-bond donors (Lipinski definition) is 1. The summed E-state index contributed by atoms with van der Waals surface area (Å²) in [6.07, 6.45) is 5.87. The molecule has 2 fully saturated rings. The Hall–Kier alpha value is -0.390. The minimum Gasteiger partial charge on any atom is -0.334 e. The maximum absolute atomic E-state index is 13.0. The van der Waals surface area contributed by atoms with Crippen LogP contribution in [0.3, 0.4) is 0 Å². The van der Waals surface area contributed by atoms with Crippen LogP contribution in [0.25, 0.3) is 0 Å². The second-order valence-electron chi connectivity index (χ2n) is 5.89. The average molecular weight is 416 g/mol. The Morgan fingerprint density at radius 1 is 1.19 bits per heavy atom. The van der Waals surface area contributed by atoms with Gasteiger partial charge in [0.05, 0.1) is 5.56 Å². The van der Waals surface area contributed by atoms with Gasteiger partial charge in [0.15, 0.2) is 0 Å². The third-order valence-corrected chi connectivity index (χ3v) is 5.72. The fraction of sp³-hybridized carbons (Fsp3) is 0.562. The first kappa shape index (κ1) is 15.5.